The van der Waals surface area contributed by atoms with Gasteiger partial charge in [-0.05, 0) is 180 Å². The van der Waals surface area contributed by atoms with E-state index in [1.54, 1.807) is 68.2 Å². The third-order valence-electron chi connectivity index (χ3n) is 14.1. The monoisotopic (exact) mass is 1400 g/mol. The number of sulfonamides is 2. The van der Waals surface area contributed by atoms with Gasteiger partial charge in [-0.25, -0.2) is 46.2 Å². The molecule has 1 aliphatic heterocycles. The maximum atomic E-state index is 12.3. The number of hydrogen-bond donors (Lipinski definition) is 3. The van der Waals surface area contributed by atoms with Crippen LogP contribution in [0.15, 0.2) is 110 Å². The molecule has 0 spiro atoms. The zero-order valence-corrected chi connectivity index (χ0v) is 55.1. The van der Waals surface area contributed by atoms with Crippen LogP contribution in [0, 0.1) is 11.8 Å². The predicted octanol–water partition coefficient (Wildman–Crippen LogP) is 12.6. The average Bonchev–Trinajstić information content (AvgIpc) is 4.29. The van der Waals surface area contributed by atoms with Crippen LogP contribution in [0.25, 0.3) is 11.3 Å². The molecule has 2 saturated carbocycles. The van der Waals surface area contributed by atoms with Crippen molar-refractivity contribution in [1.29, 1.82) is 0 Å². The smallest absolute Gasteiger partial charge is 0.399 e. The molecule has 3 fully saturated rings. The summed E-state index contributed by atoms with van der Waals surface area (Å²) in [6, 6.07) is 10.9. The van der Waals surface area contributed by atoms with Crippen molar-refractivity contribution < 1.29 is 26.1 Å². The van der Waals surface area contributed by atoms with Crippen molar-refractivity contribution >= 4 is 103 Å². The molecule has 1 saturated heterocycles. The van der Waals surface area contributed by atoms with E-state index in [1.165, 1.54) is 88.3 Å². The summed E-state index contributed by atoms with van der Waals surface area (Å²) in [5, 5.41) is 0. The van der Waals surface area contributed by atoms with E-state index >= 15 is 0 Å². The van der Waals surface area contributed by atoms with Crippen molar-refractivity contribution in [1.82, 2.24) is 48.1 Å². The highest BCUT2D eigenvalue weighted by atomic mass is 127. The molecule has 4 aromatic heterocycles. The molecule has 9 rings (SSSR count). The van der Waals surface area contributed by atoms with Gasteiger partial charge in [0, 0.05) is 25.2 Å². The normalized spacial score (nSPS) is 16.3. The number of aromatic amines is 1. The van der Waals surface area contributed by atoms with E-state index in [0.717, 1.165) is 68.6 Å². The summed E-state index contributed by atoms with van der Waals surface area (Å²) in [4.78, 5) is 19.2. The Hall–Kier alpha value is -2.75. The molecule has 6 aromatic rings. The third kappa shape index (κ3) is 20.3. The van der Waals surface area contributed by atoms with E-state index in [4.69, 9.17) is 9.31 Å². The summed E-state index contributed by atoms with van der Waals surface area (Å²) in [5.41, 5.74) is 4.25. The highest BCUT2D eigenvalue weighted by Gasteiger charge is 2.52. The van der Waals surface area contributed by atoms with Gasteiger partial charge in [0.25, 0.3) is 0 Å². The number of nitrogens with zero attached hydrogens (tertiary/aromatic N) is 7. The number of alkyl halides is 1. The number of H-pyrrole nitrogens is 1. The van der Waals surface area contributed by atoms with Gasteiger partial charge < -0.3 is 28.0 Å². The van der Waals surface area contributed by atoms with Crippen LogP contribution in [0.1, 0.15) is 131 Å². The fraction of sp³-hybridized carbons (Fsp3) is 0.556. The molecule has 16 nitrogen and oxygen atoms in total. The van der Waals surface area contributed by atoms with Gasteiger partial charge in [0.05, 0.1) is 76.8 Å². The van der Waals surface area contributed by atoms with Crippen LogP contribution < -0.4 is 14.9 Å². The minimum atomic E-state index is -3.52. The first kappa shape index (κ1) is 66.8. The molecule has 23 heteroatoms. The van der Waals surface area contributed by atoms with Gasteiger partial charge in [-0.2, -0.15) is 0 Å². The van der Waals surface area contributed by atoms with Crippen molar-refractivity contribution in [2.75, 3.05) is 18.5 Å². The Morgan fingerprint density at radius 1 is 0.636 bits per heavy atom. The number of rotatable bonds is 13. The molecular formula is C54H81BBr3IN10O6S2. The van der Waals surface area contributed by atoms with Crippen LogP contribution in [0.4, 0.5) is 0 Å². The van der Waals surface area contributed by atoms with Crippen LogP contribution in [0.5, 0.6) is 0 Å². The molecule has 5 heterocycles. The van der Waals surface area contributed by atoms with Gasteiger partial charge in [-0.15, -0.1) is 0 Å². The summed E-state index contributed by atoms with van der Waals surface area (Å²) in [5.74, 6) is 1.34. The molecule has 0 unspecified atom stereocenters. The molecule has 0 amide bonds. The Morgan fingerprint density at radius 3 is 1.44 bits per heavy atom. The van der Waals surface area contributed by atoms with E-state index < -0.39 is 38.4 Å². The number of aryl methyl sites for hydroxylation is 3. The lowest BCUT2D eigenvalue weighted by molar-refractivity contribution is 0.00578. The van der Waals surface area contributed by atoms with Crippen LogP contribution in [0.3, 0.4) is 0 Å². The van der Waals surface area contributed by atoms with Crippen LogP contribution in [0.2, 0.25) is 0 Å². The number of imidazole rings is 4. The van der Waals surface area contributed by atoms with Gasteiger partial charge >= 0.3 is 7.12 Å². The predicted molar refractivity (Wildman–Crippen MR) is 331 cm³/mol. The molecule has 426 valence electrons. The Balaban J connectivity index is 0.000000231. The first-order chi connectivity index (χ1) is 36.6. The van der Waals surface area contributed by atoms with Crippen LogP contribution in [-0.4, -0.2) is 92.3 Å². The van der Waals surface area contributed by atoms with Crippen molar-refractivity contribution in [2.24, 2.45) is 11.8 Å². The van der Waals surface area contributed by atoms with Gasteiger partial charge in [0.1, 0.15) is 13.8 Å². The van der Waals surface area contributed by atoms with Crippen molar-refractivity contribution in [3.05, 3.63) is 111 Å². The number of benzene rings is 2. The van der Waals surface area contributed by atoms with Gasteiger partial charge in [0.15, 0.2) is 0 Å². The standard InChI is InChI=1S/C20H32BNO4S.C19H27N3O2S.2C5H7BrN2.C3H3BrN2.C2H5I/c1-19(2)20(3,4)26-21(25-19)18-14-17(27(23,24)22-5)12-11-16(18)13-15-9-7-6-8-10-15;1-3-22-14-21-13-19(22)18-12-17(25(23,24)20-2)10-9-16(18)11-15-7-5-4-6-8-15;2*1-2-8-4-7-3-5(8)6;4-3-1-5-2-6-3;1-2-3/h11-12,14-15,22H,6-10,13H2,1-5H3;9-10,12-15,20H,3-8,11H2,1-2H3;2*3-4H,2H2,1H3;1-2H,(H,5,6);2H2,1H3. The minimum Gasteiger partial charge on any atom is -0.399 e. The number of halogens is 4. The largest absolute Gasteiger partial charge is 0.495 e. The quantitative estimate of drug-likeness (QED) is 0.0569. The highest BCUT2D eigenvalue weighted by molar-refractivity contribution is 14.1. The second kappa shape index (κ2) is 32.6. The second-order valence-electron chi connectivity index (χ2n) is 19.8. The summed E-state index contributed by atoms with van der Waals surface area (Å²) in [7, 11) is -4.66. The molecule has 2 aliphatic carbocycles. The maximum absolute atomic E-state index is 12.3. The number of hydrogen-bond acceptors (Lipinski definition) is 10. The zero-order valence-electron chi connectivity index (χ0n) is 46.5. The van der Waals surface area contributed by atoms with E-state index in [-0.39, 0.29) is 4.90 Å². The molecule has 3 aliphatic rings. The number of aromatic nitrogens is 8. The molecule has 0 bridgehead atoms. The van der Waals surface area contributed by atoms with Gasteiger partial charge in [0.2, 0.25) is 20.0 Å². The van der Waals surface area contributed by atoms with Crippen molar-refractivity contribution in [3.63, 3.8) is 0 Å². The first-order valence-corrected chi connectivity index (χ1v) is 33.5. The van der Waals surface area contributed by atoms with Gasteiger partial charge in [-0.1, -0.05) is 106 Å². The molecule has 77 heavy (non-hydrogen) atoms. The lowest BCUT2D eigenvalue weighted by atomic mass is 9.73. The highest BCUT2D eigenvalue weighted by Crippen LogP contribution is 2.38. The lowest BCUT2D eigenvalue weighted by Crippen LogP contribution is -2.41. The molecule has 0 radical (unpaired) electrons. The van der Waals surface area contributed by atoms with E-state index in [9.17, 15) is 16.8 Å². The Labute approximate surface area is 499 Å². The van der Waals surface area contributed by atoms with E-state index in [2.05, 4.69) is 137 Å². The summed E-state index contributed by atoms with van der Waals surface area (Å²) in [6.45, 7) is 19.1. The molecule has 0 atom stereocenters. The maximum Gasteiger partial charge on any atom is 0.495 e. The second-order valence-corrected chi connectivity index (χ2v) is 27.6. The van der Waals surface area contributed by atoms with Crippen molar-refractivity contribution in [3.8, 4) is 11.3 Å². The van der Waals surface area contributed by atoms with Crippen LogP contribution >= 0.6 is 70.4 Å². The van der Waals surface area contributed by atoms with E-state index in [0.29, 0.717) is 16.7 Å². The molecular weight excluding hydrogens is 1330 g/mol. The Kier molecular flexibility index (Phi) is 28.3. The summed E-state index contributed by atoms with van der Waals surface area (Å²) < 4.78 is 76.8. The Morgan fingerprint density at radius 2 is 1.06 bits per heavy atom. The lowest BCUT2D eigenvalue weighted by Gasteiger charge is -2.32. The first-order valence-electron chi connectivity index (χ1n) is 26.6. The fourth-order valence-corrected chi connectivity index (χ4v) is 11.7. The topological polar surface area (TPSA) is 193 Å². The van der Waals surface area contributed by atoms with Crippen molar-refractivity contribution in [2.45, 2.75) is 173 Å². The molecule has 2 aromatic carbocycles. The third-order valence-corrected chi connectivity index (χ3v) is 18.7. The van der Waals surface area contributed by atoms with E-state index in [1.807, 2.05) is 55.2 Å². The van der Waals surface area contributed by atoms with Gasteiger partial charge in [-0.3, -0.25) is 0 Å². The Bertz CT molecular complexity index is 2830. The van der Waals surface area contributed by atoms with Crippen LogP contribution in [-0.2, 0) is 61.8 Å². The summed E-state index contributed by atoms with van der Waals surface area (Å²) in [6.07, 6.45) is 28.9. The zero-order chi connectivity index (χ0) is 56.8. The average molecular weight is 1410 g/mol. The SMILES string of the molecule is Brc1cnc[nH]1.CCI.CCn1cncc1-c1cc(S(=O)(=O)NC)ccc1CC1CCCCC1.CCn1cncc1Br.CCn1cncc1Br.CNS(=O)(=O)c1ccc(CC2CCCCC2)c(B2OC(C)(C)C(C)(C)O2)c1. The summed E-state index contributed by atoms with van der Waals surface area (Å²) >= 11 is 12.1. The molecule has 3 N–H and O–H groups in total. The fourth-order valence-electron chi connectivity index (χ4n) is 9.01. The minimum absolute atomic E-state index is 0.252. The number of nitrogens with one attached hydrogen (secondary N) is 3.